The standard InChI is InChI=1S/C9H13BrN2O/c1-3-4-12-9(13)8(6-10)5-7(2)11-12/h5H,3-4,6H2,1-2H3. The molecule has 0 aromatic carbocycles. The van der Waals surface area contributed by atoms with E-state index in [9.17, 15) is 4.79 Å². The van der Waals surface area contributed by atoms with Crippen LogP contribution in [0.5, 0.6) is 0 Å². The fourth-order valence-electron chi connectivity index (χ4n) is 1.20. The zero-order valence-electron chi connectivity index (χ0n) is 7.88. The van der Waals surface area contributed by atoms with Crippen molar-refractivity contribution in [2.45, 2.75) is 32.1 Å². The number of hydrogen-bond donors (Lipinski definition) is 0. The summed E-state index contributed by atoms with van der Waals surface area (Å²) in [7, 11) is 0. The third kappa shape index (κ3) is 2.40. The van der Waals surface area contributed by atoms with Crippen LogP contribution in [-0.2, 0) is 11.9 Å². The maximum Gasteiger partial charge on any atom is 0.270 e. The molecular weight excluding hydrogens is 232 g/mol. The van der Waals surface area contributed by atoms with Gasteiger partial charge in [0, 0.05) is 17.4 Å². The number of halogens is 1. The topological polar surface area (TPSA) is 34.9 Å². The molecule has 0 saturated carbocycles. The lowest BCUT2D eigenvalue weighted by Crippen LogP contribution is -2.26. The van der Waals surface area contributed by atoms with Crippen molar-refractivity contribution in [1.29, 1.82) is 0 Å². The lowest BCUT2D eigenvalue weighted by Gasteiger charge is -2.05. The van der Waals surface area contributed by atoms with E-state index in [0.29, 0.717) is 11.9 Å². The Morgan fingerprint density at radius 3 is 2.85 bits per heavy atom. The van der Waals surface area contributed by atoms with Crippen LogP contribution in [0.3, 0.4) is 0 Å². The smallest absolute Gasteiger partial charge is 0.267 e. The minimum absolute atomic E-state index is 0.0179. The van der Waals surface area contributed by atoms with E-state index in [0.717, 1.165) is 17.7 Å². The van der Waals surface area contributed by atoms with Gasteiger partial charge in [0.15, 0.2) is 0 Å². The lowest BCUT2D eigenvalue weighted by atomic mass is 10.3. The zero-order valence-corrected chi connectivity index (χ0v) is 9.47. The van der Waals surface area contributed by atoms with Crippen molar-refractivity contribution in [2.75, 3.05) is 0 Å². The average Bonchev–Trinajstić information content (AvgIpc) is 2.11. The summed E-state index contributed by atoms with van der Waals surface area (Å²) in [6.45, 7) is 4.63. The maximum atomic E-state index is 11.6. The van der Waals surface area contributed by atoms with Gasteiger partial charge in [0.25, 0.3) is 5.56 Å². The molecule has 0 unspecified atom stereocenters. The van der Waals surface area contributed by atoms with Gasteiger partial charge in [-0.1, -0.05) is 22.9 Å². The summed E-state index contributed by atoms with van der Waals surface area (Å²) in [6.07, 6.45) is 0.929. The van der Waals surface area contributed by atoms with Gasteiger partial charge in [-0.15, -0.1) is 0 Å². The minimum Gasteiger partial charge on any atom is -0.267 e. The van der Waals surface area contributed by atoms with Crippen LogP contribution in [0.4, 0.5) is 0 Å². The van der Waals surface area contributed by atoms with Crippen molar-refractivity contribution in [3.63, 3.8) is 0 Å². The molecule has 0 bridgehead atoms. The molecule has 0 N–H and O–H groups in total. The van der Waals surface area contributed by atoms with Gasteiger partial charge in [0.05, 0.1) is 5.69 Å². The predicted octanol–water partition coefficient (Wildman–Crippen LogP) is 1.86. The second kappa shape index (κ2) is 4.56. The molecule has 0 aliphatic heterocycles. The first-order chi connectivity index (χ1) is 6.19. The Morgan fingerprint density at radius 1 is 1.62 bits per heavy atom. The normalized spacial score (nSPS) is 10.4. The van der Waals surface area contributed by atoms with E-state index in [-0.39, 0.29) is 5.56 Å². The van der Waals surface area contributed by atoms with E-state index >= 15 is 0 Å². The van der Waals surface area contributed by atoms with Gasteiger partial charge >= 0.3 is 0 Å². The molecule has 0 radical (unpaired) electrons. The van der Waals surface area contributed by atoms with E-state index in [4.69, 9.17) is 0 Å². The molecule has 0 atom stereocenters. The fourth-order valence-corrected chi connectivity index (χ4v) is 1.61. The van der Waals surface area contributed by atoms with Gasteiger partial charge < -0.3 is 0 Å². The van der Waals surface area contributed by atoms with Gasteiger partial charge in [-0.3, -0.25) is 4.79 Å². The molecule has 0 saturated heterocycles. The third-order valence-electron chi connectivity index (χ3n) is 1.75. The minimum atomic E-state index is 0.0179. The zero-order chi connectivity index (χ0) is 9.84. The second-order valence-electron chi connectivity index (χ2n) is 2.97. The van der Waals surface area contributed by atoms with Crippen LogP contribution in [0.15, 0.2) is 10.9 Å². The van der Waals surface area contributed by atoms with Crippen molar-refractivity contribution in [1.82, 2.24) is 9.78 Å². The number of rotatable bonds is 3. The summed E-state index contributed by atoms with van der Waals surface area (Å²) < 4.78 is 1.53. The summed E-state index contributed by atoms with van der Waals surface area (Å²) in [5.41, 5.74) is 1.69. The highest BCUT2D eigenvalue weighted by molar-refractivity contribution is 9.08. The third-order valence-corrected chi connectivity index (χ3v) is 2.35. The summed E-state index contributed by atoms with van der Waals surface area (Å²) in [5.74, 6) is 0. The molecule has 1 heterocycles. The SMILES string of the molecule is CCCn1nc(C)cc(CBr)c1=O. The molecule has 1 rings (SSSR count). The summed E-state index contributed by atoms with van der Waals surface area (Å²) in [5, 5.41) is 4.75. The van der Waals surface area contributed by atoms with Crippen LogP contribution in [0.1, 0.15) is 24.6 Å². The van der Waals surface area contributed by atoms with Crippen molar-refractivity contribution in [2.24, 2.45) is 0 Å². The molecule has 72 valence electrons. The van der Waals surface area contributed by atoms with Crippen molar-refractivity contribution >= 4 is 15.9 Å². The molecule has 3 nitrogen and oxygen atoms in total. The maximum absolute atomic E-state index is 11.6. The molecular formula is C9H13BrN2O. The van der Waals surface area contributed by atoms with Crippen LogP contribution in [0.2, 0.25) is 0 Å². The first-order valence-electron chi connectivity index (χ1n) is 4.32. The van der Waals surface area contributed by atoms with Crippen molar-refractivity contribution in [3.8, 4) is 0 Å². The number of aryl methyl sites for hydroxylation is 2. The van der Waals surface area contributed by atoms with E-state index in [1.165, 1.54) is 4.68 Å². The molecule has 0 aliphatic carbocycles. The summed E-state index contributed by atoms with van der Waals surface area (Å²) >= 11 is 3.29. The van der Waals surface area contributed by atoms with Crippen LogP contribution in [-0.4, -0.2) is 9.78 Å². The van der Waals surface area contributed by atoms with Crippen molar-refractivity contribution in [3.05, 3.63) is 27.7 Å². The number of alkyl halides is 1. The van der Waals surface area contributed by atoms with Gasteiger partial charge in [-0.2, -0.15) is 5.10 Å². The molecule has 0 aliphatic rings. The molecule has 0 spiro atoms. The largest absolute Gasteiger partial charge is 0.270 e. The Kier molecular flexibility index (Phi) is 3.66. The molecule has 1 aromatic rings. The monoisotopic (exact) mass is 244 g/mol. The number of hydrogen-bond acceptors (Lipinski definition) is 2. The Bertz CT molecular complexity index is 346. The highest BCUT2D eigenvalue weighted by Crippen LogP contribution is 2.00. The van der Waals surface area contributed by atoms with Gasteiger partial charge in [0.2, 0.25) is 0 Å². The van der Waals surface area contributed by atoms with Gasteiger partial charge in [-0.25, -0.2) is 4.68 Å². The Balaban J connectivity index is 3.19. The average molecular weight is 245 g/mol. The summed E-state index contributed by atoms with van der Waals surface area (Å²) in [6, 6.07) is 1.82. The predicted molar refractivity (Wildman–Crippen MR) is 56.2 cm³/mol. The van der Waals surface area contributed by atoms with Crippen LogP contribution in [0, 0.1) is 6.92 Å². The van der Waals surface area contributed by atoms with Gasteiger partial charge in [0.1, 0.15) is 0 Å². The van der Waals surface area contributed by atoms with Crippen LogP contribution < -0.4 is 5.56 Å². The first kappa shape index (κ1) is 10.4. The van der Waals surface area contributed by atoms with Crippen molar-refractivity contribution < 1.29 is 0 Å². The first-order valence-corrected chi connectivity index (χ1v) is 5.44. The molecule has 4 heteroatoms. The lowest BCUT2D eigenvalue weighted by molar-refractivity contribution is 0.557. The van der Waals surface area contributed by atoms with E-state index in [2.05, 4.69) is 21.0 Å². The highest BCUT2D eigenvalue weighted by atomic mass is 79.9. The number of aromatic nitrogens is 2. The Labute approximate surface area is 85.9 Å². The molecule has 0 fully saturated rings. The van der Waals surface area contributed by atoms with E-state index < -0.39 is 0 Å². The van der Waals surface area contributed by atoms with Gasteiger partial charge in [-0.05, 0) is 19.4 Å². The van der Waals surface area contributed by atoms with Crippen LogP contribution in [0.25, 0.3) is 0 Å². The summed E-state index contributed by atoms with van der Waals surface area (Å²) in [4.78, 5) is 11.6. The fraction of sp³-hybridized carbons (Fsp3) is 0.556. The Morgan fingerprint density at radius 2 is 2.31 bits per heavy atom. The molecule has 13 heavy (non-hydrogen) atoms. The quantitative estimate of drug-likeness (QED) is 0.762. The molecule has 0 amide bonds. The van der Waals surface area contributed by atoms with E-state index in [1.807, 2.05) is 19.9 Å². The highest BCUT2D eigenvalue weighted by Gasteiger charge is 2.03. The van der Waals surface area contributed by atoms with Crippen LogP contribution >= 0.6 is 15.9 Å². The Hall–Kier alpha value is -0.640. The number of nitrogens with zero attached hydrogens (tertiary/aromatic N) is 2. The second-order valence-corrected chi connectivity index (χ2v) is 3.53. The molecule has 1 aromatic heterocycles. The van der Waals surface area contributed by atoms with E-state index in [1.54, 1.807) is 0 Å².